The highest BCUT2D eigenvalue weighted by atomic mass is 32.2. The maximum absolute atomic E-state index is 12.4. The number of hydrogen-bond acceptors (Lipinski definition) is 8. The fourth-order valence-corrected chi connectivity index (χ4v) is 3.94. The van der Waals surface area contributed by atoms with E-state index in [2.05, 4.69) is 20.8 Å². The van der Waals surface area contributed by atoms with Gasteiger partial charge in [-0.2, -0.15) is 4.68 Å². The monoisotopic (exact) mass is 403 g/mol. The molecule has 10 heteroatoms. The molecule has 0 unspecified atom stereocenters. The standard InChI is InChI=1S/C17H17N5O3S2/c1-11(23)18-9-14-7-8-16(27-14)15(24)10-26-17-19-20-21-22(17)12-3-5-13(25-2)6-4-12/h3-8H,9-10H2,1-2H3,(H,18,23). The summed E-state index contributed by atoms with van der Waals surface area (Å²) < 4.78 is 6.72. The molecule has 27 heavy (non-hydrogen) atoms. The summed E-state index contributed by atoms with van der Waals surface area (Å²) in [7, 11) is 1.60. The first-order valence-electron chi connectivity index (χ1n) is 7.99. The molecule has 0 saturated heterocycles. The summed E-state index contributed by atoms with van der Waals surface area (Å²) in [6.07, 6.45) is 0. The molecule has 2 aromatic heterocycles. The molecule has 1 aromatic carbocycles. The van der Waals surface area contributed by atoms with Gasteiger partial charge >= 0.3 is 0 Å². The summed E-state index contributed by atoms with van der Waals surface area (Å²) in [5, 5.41) is 14.9. The number of aromatic nitrogens is 4. The molecule has 2 heterocycles. The Labute approximate surface area is 163 Å². The summed E-state index contributed by atoms with van der Waals surface area (Å²) in [5.41, 5.74) is 0.782. The lowest BCUT2D eigenvalue weighted by Gasteiger charge is -2.05. The molecule has 0 bridgehead atoms. The van der Waals surface area contributed by atoms with Crippen LogP contribution in [0.5, 0.6) is 5.75 Å². The van der Waals surface area contributed by atoms with Gasteiger partial charge in [-0.25, -0.2) is 0 Å². The van der Waals surface area contributed by atoms with Gasteiger partial charge in [-0.15, -0.1) is 16.4 Å². The minimum Gasteiger partial charge on any atom is -0.497 e. The van der Waals surface area contributed by atoms with E-state index in [9.17, 15) is 9.59 Å². The molecular weight excluding hydrogens is 386 g/mol. The van der Waals surface area contributed by atoms with Crippen molar-refractivity contribution in [2.45, 2.75) is 18.6 Å². The Morgan fingerprint density at radius 2 is 2.00 bits per heavy atom. The Morgan fingerprint density at radius 3 is 2.70 bits per heavy atom. The number of nitrogens with zero attached hydrogens (tertiary/aromatic N) is 4. The van der Waals surface area contributed by atoms with E-state index in [-0.39, 0.29) is 17.4 Å². The Balaban J connectivity index is 1.63. The predicted molar refractivity (Wildman–Crippen MR) is 103 cm³/mol. The maximum Gasteiger partial charge on any atom is 0.217 e. The first-order chi connectivity index (χ1) is 13.1. The molecule has 0 spiro atoms. The fourth-order valence-electron chi connectivity index (χ4n) is 2.19. The van der Waals surface area contributed by atoms with Crippen LogP contribution in [0, 0.1) is 0 Å². The van der Waals surface area contributed by atoms with Crippen molar-refractivity contribution in [2.24, 2.45) is 0 Å². The zero-order valence-electron chi connectivity index (χ0n) is 14.7. The first kappa shape index (κ1) is 19.1. The van der Waals surface area contributed by atoms with Crippen molar-refractivity contribution in [3.05, 3.63) is 46.2 Å². The smallest absolute Gasteiger partial charge is 0.217 e. The molecule has 0 aliphatic heterocycles. The number of carbonyl (C=O) groups excluding carboxylic acids is 2. The number of hydrogen-bond donors (Lipinski definition) is 1. The SMILES string of the molecule is COc1ccc(-n2nnnc2SCC(=O)c2ccc(CNC(C)=O)s2)cc1. The molecular formula is C17H17N5O3S2. The number of tetrazole rings is 1. The van der Waals surface area contributed by atoms with Gasteiger partial charge in [0.15, 0.2) is 5.78 Å². The molecule has 1 amide bonds. The Kier molecular flexibility index (Phi) is 6.20. The van der Waals surface area contributed by atoms with Crippen molar-refractivity contribution in [3.8, 4) is 11.4 Å². The highest BCUT2D eigenvalue weighted by molar-refractivity contribution is 7.99. The quantitative estimate of drug-likeness (QED) is 0.455. The zero-order valence-corrected chi connectivity index (χ0v) is 16.3. The van der Waals surface area contributed by atoms with Crippen LogP contribution in [-0.2, 0) is 11.3 Å². The minimum absolute atomic E-state index is 0.0108. The van der Waals surface area contributed by atoms with Gasteiger partial charge in [0.05, 0.1) is 30.0 Å². The van der Waals surface area contributed by atoms with E-state index in [1.54, 1.807) is 17.9 Å². The highest BCUT2D eigenvalue weighted by Crippen LogP contribution is 2.23. The van der Waals surface area contributed by atoms with Crippen LogP contribution in [0.2, 0.25) is 0 Å². The summed E-state index contributed by atoms with van der Waals surface area (Å²) in [4.78, 5) is 25.0. The number of Topliss-reactive ketones (excluding diaryl/α,β-unsaturated/α-hetero) is 1. The molecule has 8 nitrogen and oxygen atoms in total. The number of carbonyl (C=O) groups is 2. The van der Waals surface area contributed by atoms with Crippen molar-refractivity contribution >= 4 is 34.8 Å². The summed E-state index contributed by atoms with van der Waals surface area (Å²) in [5.74, 6) is 0.848. The second kappa shape index (κ2) is 8.78. The van der Waals surface area contributed by atoms with E-state index in [1.165, 1.54) is 30.0 Å². The Morgan fingerprint density at radius 1 is 1.22 bits per heavy atom. The molecule has 0 aliphatic rings. The van der Waals surface area contributed by atoms with Crippen LogP contribution in [0.15, 0.2) is 41.6 Å². The molecule has 0 atom stereocenters. The number of amides is 1. The molecule has 0 radical (unpaired) electrons. The van der Waals surface area contributed by atoms with E-state index in [1.807, 2.05) is 30.3 Å². The molecule has 140 valence electrons. The number of thiophene rings is 1. The van der Waals surface area contributed by atoms with Gasteiger partial charge in [-0.3, -0.25) is 9.59 Å². The summed E-state index contributed by atoms with van der Waals surface area (Å²) in [6, 6.07) is 10.9. The van der Waals surface area contributed by atoms with Crippen LogP contribution in [0.4, 0.5) is 0 Å². The number of ketones is 1. The number of methoxy groups -OCH3 is 1. The second-order valence-corrected chi connectivity index (χ2v) is 7.57. The second-order valence-electron chi connectivity index (χ2n) is 5.46. The van der Waals surface area contributed by atoms with Crippen molar-refractivity contribution in [1.29, 1.82) is 0 Å². The predicted octanol–water partition coefficient (Wildman–Crippen LogP) is 2.34. The van der Waals surface area contributed by atoms with Crippen LogP contribution in [0.25, 0.3) is 5.69 Å². The van der Waals surface area contributed by atoms with E-state index in [0.29, 0.717) is 16.6 Å². The van der Waals surface area contributed by atoms with Crippen molar-refractivity contribution in [3.63, 3.8) is 0 Å². The average molecular weight is 403 g/mol. The van der Waals surface area contributed by atoms with Crippen LogP contribution >= 0.6 is 23.1 Å². The number of rotatable bonds is 8. The highest BCUT2D eigenvalue weighted by Gasteiger charge is 2.14. The van der Waals surface area contributed by atoms with Gasteiger partial charge < -0.3 is 10.1 Å². The van der Waals surface area contributed by atoms with E-state index in [0.717, 1.165) is 16.3 Å². The van der Waals surface area contributed by atoms with Gasteiger partial charge in [0.2, 0.25) is 11.1 Å². The van der Waals surface area contributed by atoms with E-state index >= 15 is 0 Å². The van der Waals surface area contributed by atoms with Gasteiger partial charge in [0, 0.05) is 11.8 Å². The van der Waals surface area contributed by atoms with Crippen LogP contribution in [-0.4, -0.2) is 44.8 Å². The van der Waals surface area contributed by atoms with Crippen LogP contribution in [0.1, 0.15) is 21.5 Å². The van der Waals surface area contributed by atoms with Gasteiger partial charge in [0.25, 0.3) is 0 Å². The summed E-state index contributed by atoms with van der Waals surface area (Å²) >= 11 is 2.65. The largest absolute Gasteiger partial charge is 0.497 e. The van der Waals surface area contributed by atoms with Crippen LogP contribution < -0.4 is 10.1 Å². The van der Waals surface area contributed by atoms with Crippen molar-refractivity contribution in [1.82, 2.24) is 25.5 Å². The van der Waals surface area contributed by atoms with E-state index in [4.69, 9.17) is 4.74 Å². The van der Waals surface area contributed by atoms with Gasteiger partial charge in [0.1, 0.15) is 5.75 Å². The number of ether oxygens (including phenoxy) is 1. The van der Waals surface area contributed by atoms with Crippen molar-refractivity contribution in [2.75, 3.05) is 12.9 Å². The molecule has 0 saturated carbocycles. The lowest BCUT2D eigenvalue weighted by atomic mass is 10.3. The van der Waals surface area contributed by atoms with Crippen molar-refractivity contribution < 1.29 is 14.3 Å². The zero-order chi connectivity index (χ0) is 19.2. The summed E-state index contributed by atoms with van der Waals surface area (Å²) in [6.45, 7) is 1.89. The number of thioether (sulfide) groups is 1. The third-order valence-electron chi connectivity index (χ3n) is 3.54. The Bertz CT molecular complexity index is 936. The van der Waals surface area contributed by atoms with E-state index < -0.39 is 0 Å². The average Bonchev–Trinajstić information content (AvgIpc) is 3.34. The third kappa shape index (κ3) is 4.92. The first-order valence-corrected chi connectivity index (χ1v) is 9.79. The van der Waals surface area contributed by atoms with Gasteiger partial charge in [-0.1, -0.05) is 11.8 Å². The molecule has 3 aromatic rings. The van der Waals surface area contributed by atoms with Gasteiger partial charge in [-0.05, 0) is 46.8 Å². The fraction of sp³-hybridized carbons (Fsp3) is 0.235. The molecule has 3 rings (SSSR count). The number of benzene rings is 1. The van der Waals surface area contributed by atoms with Crippen LogP contribution in [0.3, 0.4) is 0 Å². The molecule has 1 N–H and O–H groups in total. The lowest BCUT2D eigenvalue weighted by molar-refractivity contribution is -0.119. The maximum atomic E-state index is 12.4. The third-order valence-corrected chi connectivity index (χ3v) is 5.58. The lowest BCUT2D eigenvalue weighted by Crippen LogP contribution is -2.18. The molecule has 0 fully saturated rings. The normalized spacial score (nSPS) is 10.6. The Hall–Kier alpha value is -2.72. The topological polar surface area (TPSA) is 99.0 Å². The molecule has 0 aliphatic carbocycles. The minimum atomic E-state index is -0.0998. The number of nitrogens with one attached hydrogen (secondary N) is 1.